The highest BCUT2D eigenvalue weighted by molar-refractivity contribution is 9.08. The summed E-state index contributed by atoms with van der Waals surface area (Å²) in [4.78, 5) is 4.34. The molecule has 0 unspecified atom stereocenters. The second-order valence-corrected chi connectivity index (χ2v) is 5.01. The highest BCUT2D eigenvalue weighted by Crippen LogP contribution is 2.25. The SMILES string of the molecule is Cc1ccc(Oc2ncc(CBr)cc2C)cc1C. The first-order valence-corrected chi connectivity index (χ1v) is 6.99. The first-order chi connectivity index (χ1) is 8.60. The standard InChI is InChI=1S/C15H16BrNO/c1-10-4-5-14(7-11(10)2)18-15-12(3)6-13(8-16)9-17-15/h4-7,9H,8H2,1-3H3. The van der Waals surface area contributed by atoms with Gasteiger partial charge in [0.05, 0.1) is 0 Å². The lowest BCUT2D eigenvalue weighted by molar-refractivity contribution is 0.458. The largest absolute Gasteiger partial charge is 0.439 e. The molecule has 1 aromatic heterocycles. The van der Waals surface area contributed by atoms with Crippen LogP contribution in [0.25, 0.3) is 0 Å². The molecule has 0 amide bonds. The van der Waals surface area contributed by atoms with Crippen LogP contribution in [-0.2, 0) is 5.33 Å². The number of nitrogens with zero attached hydrogens (tertiary/aromatic N) is 1. The molecule has 0 spiro atoms. The average Bonchev–Trinajstić information content (AvgIpc) is 2.36. The predicted octanol–water partition coefficient (Wildman–Crippen LogP) is 4.69. The van der Waals surface area contributed by atoms with Gasteiger partial charge in [-0.1, -0.05) is 22.0 Å². The van der Waals surface area contributed by atoms with Crippen LogP contribution in [0.4, 0.5) is 0 Å². The number of rotatable bonds is 3. The van der Waals surface area contributed by atoms with Crippen LogP contribution < -0.4 is 4.74 Å². The Hall–Kier alpha value is -1.35. The lowest BCUT2D eigenvalue weighted by Crippen LogP contribution is -1.93. The van der Waals surface area contributed by atoms with Crippen molar-refractivity contribution in [2.24, 2.45) is 0 Å². The summed E-state index contributed by atoms with van der Waals surface area (Å²) < 4.78 is 5.82. The van der Waals surface area contributed by atoms with E-state index in [1.165, 1.54) is 11.1 Å². The van der Waals surface area contributed by atoms with Gasteiger partial charge < -0.3 is 4.74 Å². The van der Waals surface area contributed by atoms with E-state index in [-0.39, 0.29) is 0 Å². The quantitative estimate of drug-likeness (QED) is 0.767. The van der Waals surface area contributed by atoms with Crippen LogP contribution in [0.1, 0.15) is 22.3 Å². The molecule has 0 radical (unpaired) electrons. The minimum Gasteiger partial charge on any atom is -0.439 e. The average molecular weight is 306 g/mol. The molecule has 0 saturated carbocycles. The highest BCUT2D eigenvalue weighted by Gasteiger charge is 2.05. The maximum absolute atomic E-state index is 5.82. The molecule has 3 heteroatoms. The fourth-order valence-electron chi connectivity index (χ4n) is 1.69. The number of benzene rings is 1. The van der Waals surface area contributed by atoms with Gasteiger partial charge in [-0.15, -0.1) is 0 Å². The molecule has 0 N–H and O–H groups in total. The van der Waals surface area contributed by atoms with Gasteiger partial charge in [0.15, 0.2) is 0 Å². The Morgan fingerprint density at radius 2 is 1.83 bits per heavy atom. The summed E-state index contributed by atoms with van der Waals surface area (Å²) in [6.45, 7) is 6.18. The molecule has 1 heterocycles. The van der Waals surface area contributed by atoms with Gasteiger partial charge in [-0.2, -0.15) is 0 Å². The first kappa shape index (κ1) is 13.1. The number of ether oxygens (including phenoxy) is 1. The second kappa shape index (κ2) is 5.53. The Labute approximate surface area is 116 Å². The zero-order chi connectivity index (χ0) is 13.1. The Morgan fingerprint density at radius 3 is 2.44 bits per heavy atom. The van der Waals surface area contributed by atoms with E-state index in [4.69, 9.17) is 4.74 Å². The Kier molecular flexibility index (Phi) is 4.02. The van der Waals surface area contributed by atoms with Gasteiger partial charge in [0.1, 0.15) is 5.75 Å². The van der Waals surface area contributed by atoms with Crippen molar-refractivity contribution >= 4 is 15.9 Å². The van der Waals surface area contributed by atoms with E-state index in [0.717, 1.165) is 22.2 Å². The minimum absolute atomic E-state index is 0.669. The normalized spacial score (nSPS) is 10.4. The third-order valence-corrected chi connectivity index (χ3v) is 3.58. The maximum Gasteiger partial charge on any atom is 0.222 e. The summed E-state index contributed by atoms with van der Waals surface area (Å²) in [5.41, 5.74) is 4.69. The van der Waals surface area contributed by atoms with E-state index < -0.39 is 0 Å². The molecule has 94 valence electrons. The zero-order valence-electron chi connectivity index (χ0n) is 10.8. The van der Waals surface area contributed by atoms with Crippen LogP contribution in [0.5, 0.6) is 11.6 Å². The van der Waals surface area contributed by atoms with Crippen LogP contribution in [-0.4, -0.2) is 4.98 Å². The van der Waals surface area contributed by atoms with E-state index in [1.54, 1.807) is 0 Å². The smallest absolute Gasteiger partial charge is 0.222 e. The molecule has 18 heavy (non-hydrogen) atoms. The molecule has 0 aliphatic rings. The molecule has 2 rings (SSSR count). The van der Waals surface area contributed by atoms with Crippen molar-refractivity contribution in [3.63, 3.8) is 0 Å². The van der Waals surface area contributed by atoms with Crippen LogP contribution in [0.15, 0.2) is 30.5 Å². The van der Waals surface area contributed by atoms with Crippen molar-refractivity contribution < 1.29 is 4.74 Å². The number of hydrogen-bond acceptors (Lipinski definition) is 2. The van der Waals surface area contributed by atoms with Gasteiger partial charge in [-0.25, -0.2) is 4.98 Å². The van der Waals surface area contributed by atoms with Crippen LogP contribution in [0.3, 0.4) is 0 Å². The van der Waals surface area contributed by atoms with E-state index in [2.05, 4.69) is 46.9 Å². The molecule has 0 aliphatic heterocycles. The summed E-state index contributed by atoms with van der Waals surface area (Å²) in [6.07, 6.45) is 1.83. The van der Waals surface area contributed by atoms with Crippen molar-refractivity contribution in [1.29, 1.82) is 0 Å². The summed E-state index contributed by atoms with van der Waals surface area (Å²) >= 11 is 3.42. The van der Waals surface area contributed by atoms with Crippen LogP contribution in [0, 0.1) is 20.8 Å². The van der Waals surface area contributed by atoms with Gasteiger partial charge in [0.25, 0.3) is 0 Å². The summed E-state index contributed by atoms with van der Waals surface area (Å²) in [6, 6.07) is 8.15. The van der Waals surface area contributed by atoms with Crippen molar-refractivity contribution in [2.45, 2.75) is 26.1 Å². The van der Waals surface area contributed by atoms with E-state index in [0.29, 0.717) is 5.88 Å². The number of pyridine rings is 1. The summed E-state index contributed by atoms with van der Waals surface area (Å²) in [5, 5.41) is 0.810. The number of hydrogen-bond donors (Lipinski definition) is 0. The first-order valence-electron chi connectivity index (χ1n) is 5.86. The molecule has 0 bridgehead atoms. The van der Waals surface area contributed by atoms with Crippen LogP contribution in [0.2, 0.25) is 0 Å². The third kappa shape index (κ3) is 2.91. The number of halogens is 1. The zero-order valence-corrected chi connectivity index (χ0v) is 12.4. The summed E-state index contributed by atoms with van der Waals surface area (Å²) in [7, 11) is 0. The number of aryl methyl sites for hydroxylation is 3. The summed E-state index contributed by atoms with van der Waals surface area (Å²) in [5.74, 6) is 1.50. The van der Waals surface area contributed by atoms with E-state index in [9.17, 15) is 0 Å². The van der Waals surface area contributed by atoms with Gasteiger partial charge in [0, 0.05) is 17.1 Å². The Balaban J connectivity index is 2.25. The van der Waals surface area contributed by atoms with Crippen LogP contribution >= 0.6 is 15.9 Å². The number of alkyl halides is 1. The van der Waals surface area contributed by atoms with Crippen molar-refractivity contribution in [1.82, 2.24) is 4.98 Å². The molecule has 0 aliphatic carbocycles. The topological polar surface area (TPSA) is 22.1 Å². The van der Waals surface area contributed by atoms with Gasteiger partial charge >= 0.3 is 0 Å². The molecule has 2 nitrogen and oxygen atoms in total. The molecule has 2 aromatic rings. The maximum atomic E-state index is 5.82. The Morgan fingerprint density at radius 1 is 1.06 bits per heavy atom. The van der Waals surface area contributed by atoms with Crippen molar-refractivity contribution in [2.75, 3.05) is 0 Å². The molecule has 0 fully saturated rings. The molecule has 0 atom stereocenters. The van der Waals surface area contributed by atoms with Crippen molar-refractivity contribution in [3.8, 4) is 11.6 Å². The van der Waals surface area contributed by atoms with Crippen molar-refractivity contribution in [3.05, 3.63) is 52.7 Å². The lowest BCUT2D eigenvalue weighted by atomic mass is 10.1. The van der Waals surface area contributed by atoms with E-state index in [1.807, 2.05) is 25.3 Å². The van der Waals surface area contributed by atoms with Gasteiger partial charge in [-0.3, -0.25) is 0 Å². The second-order valence-electron chi connectivity index (χ2n) is 4.45. The van der Waals surface area contributed by atoms with E-state index >= 15 is 0 Å². The molecule has 1 aromatic carbocycles. The lowest BCUT2D eigenvalue weighted by Gasteiger charge is -2.09. The predicted molar refractivity (Wildman–Crippen MR) is 77.6 cm³/mol. The van der Waals surface area contributed by atoms with Gasteiger partial charge in [-0.05, 0) is 55.7 Å². The third-order valence-electron chi connectivity index (χ3n) is 2.93. The monoisotopic (exact) mass is 305 g/mol. The molecular formula is C15H16BrNO. The molecular weight excluding hydrogens is 290 g/mol. The highest BCUT2D eigenvalue weighted by atomic mass is 79.9. The minimum atomic E-state index is 0.669. The fourth-order valence-corrected chi connectivity index (χ4v) is 2.00. The number of aromatic nitrogens is 1. The fraction of sp³-hybridized carbons (Fsp3) is 0.267. The van der Waals surface area contributed by atoms with Gasteiger partial charge in [0.2, 0.25) is 5.88 Å². The molecule has 0 saturated heterocycles. The Bertz CT molecular complexity index is 566.